The molecular weight excluding hydrogens is 228 g/mol. The molecular formula is C14H26N2O2. The summed E-state index contributed by atoms with van der Waals surface area (Å²) in [5, 5.41) is 15.5. The summed E-state index contributed by atoms with van der Waals surface area (Å²) in [6, 6.07) is 0.262. The van der Waals surface area contributed by atoms with Gasteiger partial charge in [-0.25, -0.2) is 4.79 Å². The van der Waals surface area contributed by atoms with Gasteiger partial charge in [0.15, 0.2) is 0 Å². The van der Waals surface area contributed by atoms with Crippen molar-refractivity contribution in [2.45, 2.75) is 64.0 Å². The summed E-state index contributed by atoms with van der Waals surface area (Å²) in [4.78, 5) is 12.0. The third-order valence-corrected chi connectivity index (χ3v) is 4.12. The van der Waals surface area contributed by atoms with Crippen LogP contribution >= 0.6 is 0 Å². The quantitative estimate of drug-likeness (QED) is 0.651. The summed E-state index contributed by atoms with van der Waals surface area (Å²) >= 11 is 0. The van der Waals surface area contributed by atoms with Gasteiger partial charge in [0.25, 0.3) is 0 Å². The van der Waals surface area contributed by atoms with E-state index in [1.54, 1.807) is 0 Å². The number of hydrogen-bond donors (Lipinski definition) is 3. The highest BCUT2D eigenvalue weighted by Gasteiger charge is 2.42. The van der Waals surface area contributed by atoms with E-state index in [4.69, 9.17) is 0 Å². The Labute approximate surface area is 110 Å². The highest BCUT2D eigenvalue weighted by molar-refractivity contribution is 5.75. The van der Waals surface area contributed by atoms with Crippen molar-refractivity contribution in [1.29, 1.82) is 0 Å². The smallest absolute Gasteiger partial charge is 0.315 e. The molecule has 4 heteroatoms. The fourth-order valence-corrected chi connectivity index (χ4v) is 2.73. The number of amides is 2. The third-order valence-electron chi connectivity index (χ3n) is 4.12. The fraction of sp³-hybridized carbons (Fsp3) is 0.929. The largest absolute Gasteiger partial charge is 0.394 e. The Morgan fingerprint density at radius 2 is 1.89 bits per heavy atom. The second-order valence-electron chi connectivity index (χ2n) is 6.27. The van der Waals surface area contributed by atoms with Crippen LogP contribution in [0, 0.1) is 11.8 Å². The van der Waals surface area contributed by atoms with Crippen LogP contribution in [-0.2, 0) is 0 Å². The molecule has 104 valence electrons. The minimum Gasteiger partial charge on any atom is -0.394 e. The second kappa shape index (κ2) is 5.47. The van der Waals surface area contributed by atoms with Crippen LogP contribution in [0.25, 0.3) is 0 Å². The number of carbonyl (C=O) groups excluding carboxylic acids is 1. The Kier molecular flexibility index (Phi) is 4.15. The van der Waals surface area contributed by atoms with E-state index in [-0.39, 0.29) is 12.6 Å². The molecule has 18 heavy (non-hydrogen) atoms. The van der Waals surface area contributed by atoms with Crippen LogP contribution in [0.4, 0.5) is 4.79 Å². The number of urea groups is 1. The van der Waals surface area contributed by atoms with Crippen molar-refractivity contribution in [3.63, 3.8) is 0 Å². The molecule has 0 heterocycles. The average Bonchev–Trinajstić information content (AvgIpc) is 3.17. The molecule has 3 N–H and O–H groups in total. The SMILES string of the molecule is CCCC(C)(CO)NC(=O)NC(C1CC1)C1CC1. The van der Waals surface area contributed by atoms with Crippen LogP contribution < -0.4 is 10.6 Å². The van der Waals surface area contributed by atoms with Gasteiger partial charge in [0.2, 0.25) is 0 Å². The van der Waals surface area contributed by atoms with E-state index in [0.29, 0.717) is 17.9 Å². The molecule has 0 aromatic heterocycles. The predicted octanol–water partition coefficient (Wildman–Crippen LogP) is 2.03. The standard InChI is InChI=1S/C14H26N2O2/c1-3-8-14(2,9-17)16-13(18)15-12(10-4-5-10)11-6-7-11/h10-12,17H,3-9H2,1-2H3,(H2,15,16,18). The maximum Gasteiger partial charge on any atom is 0.315 e. The van der Waals surface area contributed by atoms with Crippen molar-refractivity contribution < 1.29 is 9.90 Å². The molecule has 2 rings (SSSR count). The van der Waals surface area contributed by atoms with Crippen molar-refractivity contribution in [3.8, 4) is 0 Å². The van der Waals surface area contributed by atoms with Gasteiger partial charge >= 0.3 is 6.03 Å². The number of aliphatic hydroxyl groups is 1. The summed E-state index contributed by atoms with van der Waals surface area (Å²) in [7, 11) is 0. The van der Waals surface area contributed by atoms with Crippen LogP contribution in [0.15, 0.2) is 0 Å². The van der Waals surface area contributed by atoms with Gasteiger partial charge in [0, 0.05) is 6.04 Å². The summed E-state index contributed by atoms with van der Waals surface area (Å²) in [5.74, 6) is 1.41. The molecule has 4 nitrogen and oxygen atoms in total. The first-order chi connectivity index (χ1) is 8.58. The molecule has 0 radical (unpaired) electrons. The molecule has 2 aliphatic carbocycles. The first-order valence-electron chi connectivity index (χ1n) is 7.27. The lowest BCUT2D eigenvalue weighted by molar-refractivity contribution is 0.161. The van der Waals surface area contributed by atoms with Gasteiger partial charge in [-0.15, -0.1) is 0 Å². The summed E-state index contributed by atoms with van der Waals surface area (Å²) in [6.07, 6.45) is 6.78. The Balaban J connectivity index is 1.82. The highest BCUT2D eigenvalue weighted by Crippen LogP contribution is 2.44. The van der Waals surface area contributed by atoms with E-state index in [9.17, 15) is 9.90 Å². The Morgan fingerprint density at radius 3 is 2.28 bits per heavy atom. The zero-order valence-electron chi connectivity index (χ0n) is 11.5. The normalized spacial score (nSPS) is 22.7. The van der Waals surface area contributed by atoms with Gasteiger partial charge in [-0.1, -0.05) is 13.3 Å². The number of carbonyl (C=O) groups is 1. The summed E-state index contributed by atoms with van der Waals surface area (Å²) < 4.78 is 0. The molecule has 2 saturated carbocycles. The first kappa shape index (κ1) is 13.7. The van der Waals surface area contributed by atoms with Crippen LogP contribution in [0.3, 0.4) is 0 Å². The zero-order valence-corrected chi connectivity index (χ0v) is 11.5. The minimum absolute atomic E-state index is 0.00815. The van der Waals surface area contributed by atoms with Crippen LogP contribution in [0.2, 0.25) is 0 Å². The van der Waals surface area contributed by atoms with Crippen LogP contribution in [0.1, 0.15) is 52.4 Å². The van der Waals surface area contributed by atoms with E-state index < -0.39 is 5.54 Å². The molecule has 0 aromatic rings. The molecule has 0 spiro atoms. The molecule has 2 fully saturated rings. The molecule has 2 aliphatic rings. The Morgan fingerprint density at radius 1 is 1.33 bits per heavy atom. The van der Waals surface area contributed by atoms with E-state index in [2.05, 4.69) is 17.6 Å². The lowest BCUT2D eigenvalue weighted by Crippen LogP contribution is -2.55. The van der Waals surface area contributed by atoms with Crippen LogP contribution in [0.5, 0.6) is 0 Å². The minimum atomic E-state index is -0.490. The van der Waals surface area contributed by atoms with Gasteiger partial charge in [-0.05, 0) is 50.9 Å². The van der Waals surface area contributed by atoms with Gasteiger partial charge in [0.1, 0.15) is 0 Å². The predicted molar refractivity (Wildman–Crippen MR) is 71.3 cm³/mol. The van der Waals surface area contributed by atoms with Gasteiger partial charge < -0.3 is 15.7 Å². The number of nitrogens with one attached hydrogen (secondary N) is 2. The maximum atomic E-state index is 12.0. The van der Waals surface area contributed by atoms with Crippen molar-refractivity contribution in [2.75, 3.05) is 6.61 Å². The van der Waals surface area contributed by atoms with E-state index >= 15 is 0 Å². The van der Waals surface area contributed by atoms with E-state index in [0.717, 1.165) is 12.8 Å². The second-order valence-corrected chi connectivity index (χ2v) is 6.27. The number of rotatable bonds is 7. The lowest BCUT2D eigenvalue weighted by Gasteiger charge is -2.30. The lowest BCUT2D eigenvalue weighted by atomic mass is 9.97. The molecule has 1 atom stereocenters. The maximum absolute atomic E-state index is 12.0. The number of aliphatic hydroxyl groups excluding tert-OH is 1. The fourth-order valence-electron chi connectivity index (χ4n) is 2.73. The number of hydrogen-bond acceptors (Lipinski definition) is 2. The summed E-state index contributed by atoms with van der Waals surface area (Å²) in [5.41, 5.74) is -0.490. The van der Waals surface area contributed by atoms with Crippen molar-refractivity contribution in [2.24, 2.45) is 11.8 Å². The van der Waals surface area contributed by atoms with E-state index in [1.807, 2.05) is 6.92 Å². The monoisotopic (exact) mass is 254 g/mol. The topological polar surface area (TPSA) is 61.4 Å². The van der Waals surface area contributed by atoms with Crippen molar-refractivity contribution in [3.05, 3.63) is 0 Å². The first-order valence-corrected chi connectivity index (χ1v) is 7.27. The van der Waals surface area contributed by atoms with Crippen molar-refractivity contribution in [1.82, 2.24) is 10.6 Å². The molecule has 2 amide bonds. The third kappa shape index (κ3) is 3.61. The van der Waals surface area contributed by atoms with Gasteiger partial charge in [0.05, 0.1) is 12.1 Å². The molecule has 0 aromatic carbocycles. The van der Waals surface area contributed by atoms with E-state index in [1.165, 1.54) is 25.7 Å². The van der Waals surface area contributed by atoms with Gasteiger partial charge in [-0.2, -0.15) is 0 Å². The molecule has 0 aliphatic heterocycles. The average molecular weight is 254 g/mol. The molecule has 1 unspecified atom stereocenters. The van der Waals surface area contributed by atoms with Gasteiger partial charge in [-0.3, -0.25) is 0 Å². The van der Waals surface area contributed by atoms with Crippen molar-refractivity contribution >= 4 is 6.03 Å². The Hall–Kier alpha value is -0.770. The Bertz CT molecular complexity index is 288. The molecule has 0 saturated heterocycles. The molecule has 0 bridgehead atoms. The highest BCUT2D eigenvalue weighted by atomic mass is 16.3. The zero-order chi connectivity index (χ0) is 13.2. The van der Waals surface area contributed by atoms with Crippen LogP contribution in [-0.4, -0.2) is 29.3 Å². The summed E-state index contributed by atoms with van der Waals surface area (Å²) in [6.45, 7) is 3.95.